The second kappa shape index (κ2) is 3.98. The van der Waals surface area contributed by atoms with Crippen LogP contribution in [0.25, 0.3) is 11.1 Å². The number of benzene rings is 1. The second-order valence-corrected chi connectivity index (χ2v) is 5.63. The largest absolute Gasteiger partial charge is 0.0801 e. The average molecular weight is 234 g/mol. The Balaban J connectivity index is 1.88. The van der Waals surface area contributed by atoms with Crippen LogP contribution < -0.4 is 0 Å². The van der Waals surface area contributed by atoms with E-state index in [0.29, 0.717) is 0 Å². The Morgan fingerprint density at radius 2 is 1.94 bits per heavy atom. The summed E-state index contributed by atoms with van der Waals surface area (Å²) in [6.07, 6.45) is 14.5. The second-order valence-electron chi connectivity index (χ2n) is 5.63. The number of allylic oxidation sites excluding steroid dienone is 6. The number of fused-ring (bicyclic) bond motifs is 2. The van der Waals surface area contributed by atoms with Gasteiger partial charge in [-0.1, -0.05) is 42.0 Å². The van der Waals surface area contributed by atoms with Gasteiger partial charge in [-0.05, 0) is 66.4 Å². The Hall–Kier alpha value is -1.56. The normalized spacial score (nSPS) is 21.0. The molecule has 18 heavy (non-hydrogen) atoms. The van der Waals surface area contributed by atoms with Crippen molar-refractivity contribution < 1.29 is 0 Å². The molecule has 0 fully saturated rings. The van der Waals surface area contributed by atoms with Gasteiger partial charge in [-0.15, -0.1) is 0 Å². The van der Waals surface area contributed by atoms with E-state index in [1.807, 2.05) is 0 Å². The van der Waals surface area contributed by atoms with Crippen molar-refractivity contribution >= 4 is 11.1 Å². The SMILES string of the molecule is C1=CCC(c2cccc3c2C2=C(CCCC2)C3)=C1. The van der Waals surface area contributed by atoms with Crippen molar-refractivity contribution in [3.05, 3.63) is 58.7 Å². The number of rotatable bonds is 1. The van der Waals surface area contributed by atoms with Gasteiger partial charge in [0.1, 0.15) is 0 Å². The van der Waals surface area contributed by atoms with Gasteiger partial charge in [-0.25, -0.2) is 0 Å². The Labute approximate surface area is 109 Å². The molecule has 1 aromatic carbocycles. The van der Waals surface area contributed by atoms with Gasteiger partial charge < -0.3 is 0 Å². The molecule has 0 heteroatoms. The third-order valence-corrected chi connectivity index (χ3v) is 4.56. The topological polar surface area (TPSA) is 0 Å². The van der Waals surface area contributed by atoms with Gasteiger partial charge in [0.15, 0.2) is 0 Å². The lowest BCUT2D eigenvalue weighted by Crippen LogP contribution is -1.96. The molecule has 0 spiro atoms. The first-order valence-electron chi connectivity index (χ1n) is 7.13. The maximum Gasteiger partial charge on any atom is -0.00548 e. The molecule has 3 aliphatic rings. The first-order valence-corrected chi connectivity index (χ1v) is 7.13. The molecule has 0 nitrogen and oxygen atoms in total. The van der Waals surface area contributed by atoms with E-state index >= 15 is 0 Å². The molecule has 0 saturated carbocycles. The van der Waals surface area contributed by atoms with E-state index in [1.165, 1.54) is 43.2 Å². The average Bonchev–Trinajstić information content (AvgIpc) is 3.05. The summed E-state index contributed by atoms with van der Waals surface area (Å²) >= 11 is 0. The van der Waals surface area contributed by atoms with Crippen molar-refractivity contribution in [2.45, 2.75) is 38.5 Å². The van der Waals surface area contributed by atoms with E-state index < -0.39 is 0 Å². The van der Waals surface area contributed by atoms with E-state index in [9.17, 15) is 0 Å². The summed E-state index contributed by atoms with van der Waals surface area (Å²) in [5.74, 6) is 0. The standard InChI is InChI=1S/C18H18/c1-2-7-13(6-1)16-11-5-9-15-12-14-8-3-4-10-17(14)18(15)16/h1-2,5-6,9,11H,3-4,7-8,10,12H2. The van der Waals surface area contributed by atoms with Gasteiger partial charge in [-0.2, -0.15) is 0 Å². The molecule has 0 N–H and O–H groups in total. The Morgan fingerprint density at radius 3 is 2.83 bits per heavy atom. The van der Waals surface area contributed by atoms with E-state index in [0.717, 1.165) is 6.42 Å². The van der Waals surface area contributed by atoms with Crippen molar-refractivity contribution in [3.8, 4) is 0 Å². The summed E-state index contributed by atoms with van der Waals surface area (Å²) < 4.78 is 0. The molecular weight excluding hydrogens is 216 g/mol. The molecule has 0 aromatic heterocycles. The van der Waals surface area contributed by atoms with E-state index in [-0.39, 0.29) is 0 Å². The molecule has 0 bridgehead atoms. The lowest BCUT2D eigenvalue weighted by atomic mass is 9.88. The zero-order valence-electron chi connectivity index (χ0n) is 10.7. The minimum absolute atomic E-state index is 1.11. The van der Waals surface area contributed by atoms with Crippen molar-refractivity contribution in [2.24, 2.45) is 0 Å². The molecule has 0 saturated heterocycles. The molecule has 1 aromatic rings. The zero-order chi connectivity index (χ0) is 11.9. The van der Waals surface area contributed by atoms with Gasteiger partial charge in [0.05, 0.1) is 0 Å². The summed E-state index contributed by atoms with van der Waals surface area (Å²) in [7, 11) is 0. The summed E-state index contributed by atoms with van der Waals surface area (Å²) in [4.78, 5) is 0. The summed E-state index contributed by atoms with van der Waals surface area (Å²) in [5, 5.41) is 0. The van der Waals surface area contributed by atoms with Crippen molar-refractivity contribution in [2.75, 3.05) is 0 Å². The fraction of sp³-hybridized carbons (Fsp3) is 0.333. The third-order valence-electron chi connectivity index (χ3n) is 4.56. The van der Waals surface area contributed by atoms with Gasteiger partial charge in [-0.3, -0.25) is 0 Å². The van der Waals surface area contributed by atoms with Crippen LogP contribution in [-0.2, 0) is 6.42 Å². The lowest BCUT2D eigenvalue weighted by molar-refractivity contribution is 0.711. The third kappa shape index (κ3) is 1.45. The lowest BCUT2D eigenvalue weighted by Gasteiger charge is -2.17. The fourth-order valence-corrected chi connectivity index (χ4v) is 3.71. The highest BCUT2D eigenvalue weighted by molar-refractivity contribution is 5.87. The predicted molar refractivity (Wildman–Crippen MR) is 77.3 cm³/mol. The molecule has 0 unspecified atom stereocenters. The van der Waals surface area contributed by atoms with Crippen LogP contribution in [0.15, 0.2) is 42.0 Å². The quantitative estimate of drug-likeness (QED) is 0.647. The van der Waals surface area contributed by atoms with E-state index in [1.54, 1.807) is 22.3 Å². The zero-order valence-corrected chi connectivity index (χ0v) is 10.7. The monoisotopic (exact) mass is 234 g/mol. The molecule has 0 aliphatic heterocycles. The molecule has 0 heterocycles. The van der Waals surface area contributed by atoms with Crippen LogP contribution in [0, 0.1) is 0 Å². The van der Waals surface area contributed by atoms with E-state index in [2.05, 4.69) is 36.4 Å². The van der Waals surface area contributed by atoms with Crippen molar-refractivity contribution in [3.63, 3.8) is 0 Å². The summed E-state index contributed by atoms with van der Waals surface area (Å²) in [6.45, 7) is 0. The Morgan fingerprint density at radius 1 is 1.00 bits per heavy atom. The van der Waals surface area contributed by atoms with Crippen molar-refractivity contribution in [1.82, 2.24) is 0 Å². The molecular formula is C18H18. The van der Waals surface area contributed by atoms with Gasteiger partial charge >= 0.3 is 0 Å². The molecule has 0 radical (unpaired) electrons. The Bertz CT molecular complexity index is 596. The first-order chi connectivity index (χ1) is 8.93. The van der Waals surface area contributed by atoms with Gasteiger partial charge in [0, 0.05) is 0 Å². The first kappa shape index (κ1) is 10.4. The maximum atomic E-state index is 2.33. The molecule has 90 valence electrons. The van der Waals surface area contributed by atoms with Gasteiger partial charge in [0.2, 0.25) is 0 Å². The van der Waals surface area contributed by atoms with Crippen LogP contribution in [0.5, 0.6) is 0 Å². The predicted octanol–water partition coefficient (Wildman–Crippen LogP) is 4.91. The van der Waals surface area contributed by atoms with E-state index in [4.69, 9.17) is 0 Å². The van der Waals surface area contributed by atoms with Crippen LogP contribution in [0.2, 0.25) is 0 Å². The molecule has 3 aliphatic carbocycles. The maximum absolute atomic E-state index is 2.33. The van der Waals surface area contributed by atoms with Gasteiger partial charge in [0.25, 0.3) is 0 Å². The summed E-state index contributed by atoms with van der Waals surface area (Å²) in [5.41, 5.74) is 9.61. The smallest absolute Gasteiger partial charge is 0.00548 e. The number of hydrogen-bond acceptors (Lipinski definition) is 0. The van der Waals surface area contributed by atoms with Crippen LogP contribution >= 0.6 is 0 Å². The highest BCUT2D eigenvalue weighted by Gasteiger charge is 2.26. The molecule has 0 atom stereocenters. The summed E-state index contributed by atoms with van der Waals surface area (Å²) in [6, 6.07) is 6.90. The minimum Gasteiger partial charge on any atom is -0.0801 e. The number of hydrogen-bond donors (Lipinski definition) is 0. The highest BCUT2D eigenvalue weighted by atomic mass is 14.3. The fourth-order valence-electron chi connectivity index (χ4n) is 3.71. The van der Waals surface area contributed by atoms with Crippen LogP contribution in [0.3, 0.4) is 0 Å². The Kier molecular flexibility index (Phi) is 2.29. The van der Waals surface area contributed by atoms with Crippen LogP contribution in [-0.4, -0.2) is 0 Å². The minimum atomic E-state index is 1.11. The van der Waals surface area contributed by atoms with Crippen LogP contribution in [0.4, 0.5) is 0 Å². The van der Waals surface area contributed by atoms with Crippen molar-refractivity contribution in [1.29, 1.82) is 0 Å². The highest BCUT2D eigenvalue weighted by Crippen LogP contribution is 2.45. The molecule has 4 rings (SSSR count). The van der Waals surface area contributed by atoms with Crippen LogP contribution in [0.1, 0.15) is 48.8 Å². The molecule has 0 amide bonds.